The number of nitrogens with one attached hydrogen (secondary N) is 1. The van der Waals surface area contributed by atoms with Crippen molar-refractivity contribution in [3.63, 3.8) is 0 Å². The van der Waals surface area contributed by atoms with Gasteiger partial charge in [0, 0.05) is 6.54 Å². The Morgan fingerprint density at radius 1 is 1.26 bits per heavy atom. The van der Waals surface area contributed by atoms with Gasteiger partial charge in [-0.25, -0.2) is 4.98 Å². The Kier molecular flexibility index (Phi) is 5.57. The van der Waals surface area contributed by atoms with Gasteiger partial charge in [0.1, 0.15) is 6.07 Å². The summed E-state index contributed by atoms with van der Waals surface area (Å²) in [7, 11) is 0. The number of rotatable bonds is 5. The Balaban J connectivity index is 1.87. The van der Waals surface area contributed by atoms with E-state index in [2.05, 4.69) is 16.4 Å². The first-order valence-electron chi connectivity index (χ1n) is 8.51. The van der Waals surface area contributed by atoms with Crippen LogP contribution in [0.3, 0.4) is 0 Å². The average Bonchev–Trinajstić information content (AvgIpc) is 2.68. The van der Waals surface area contributed by atoms with E-state index in [0.29, 0.717) is 33.9 Å². The van der Waals surface area contributed by atoms with E-state index in [1.165, 1.54) is 11.8 Å². The van der Waals surface area contributed by atoms with Gasteiger partial charge in [0.15, 0.2) is 5.16 Å². The van der Waals surface area contributed by atoms with Crippen molar-refractivity contribution < 1.29 is 4.79 Å². The van der Waals surface area contributed by atoms with Crippen LogP contribution in [0.1, 0.15) is 19.4 Å². The minimum Gasteiger partial charge on any atom is -0.324 e. The monoisotopic (exact) mass is 378 g/mol. The number of nitrogens with zero attached hydrogens (tertiary/aromatic N) is 3. The molecule has 0 fully saturated rings. The predicted molar refractivity (Wildman–Crippen MR) is 107 cm³/mol. The predicted octanol–water partition coefficient (Wildman–Crippen LogP) is 3.41. The van der Waals surface area contributed by atoms with Gasteiger partial charge in [0.25, 0.3) is 5.56 Å². The molecule has 1 heterocycles. The maximum absolute atomic E-state index is 12.7. The van der Waals surface area contributed by atoms with Crippen LogP contribution < -0.4 is 10.9 Å². The molecule has 136 valence electrons. The Bertz CT molecular complexity index is 1100. The number of hydrogen-bond acceptors (Lipinski definition) is 5. The lowest BCUT2D eigenvalue weighted by Gasteiger charge is -2.15. The van der Waals surface area contributed by atoms with Gasteiger partial charge in [0.2, 0.25) is 5.91 Å². The van der Waals surface area contributed by atoms with Crippen LogP contribution in [-0.4, -0.2) is 20.7 Å². The Labute approximate surface area is 160 Å². The van der Waals surface area contributed by atoms with Crippen molar-refractivity contribution in [3.8, 4) is 6.07 Å². The molecule has 0 unspecified atom stereocenters. The second kappa shape index (κ2) is 8.06. The average molecular weight is 378 g/mol. The topological polar surface area (TPSA) is 87.8 Å². The van der Waals surface area contributed by atoms with Crippen molar-refractivity contribution in [2.24, 2.45) is 0 Å². The number of thioether (sulfide) groups is 1. The highest BCUT2D eigenvalue weighted by Gasteiger charge is 2.19. The lowest BCUT2D eigenvalue weighted by molar-refractivity contribution is -0.115. The molecule has 0 aliphatic carbocycles. The highest BCUT2D eigenvalue weighted by Crippen LogP contribution is 2.24. The molecule has 1 amide bonds. The van der Waals surface area contributed by atoms with Crippen molar-refractivity contribution in [2.75, 3.05) is 5.32 Å². The number of fused-ring (bicyclic) bond motifs is 1. The van der Waals surface area contributed by atoms with Gasteiger partial charge < -0.3 is 5.32 Å². The number of nitriles is 1. The number of para-hydroxylation sites is 2. The van der Waals surface area contributed by atoms with Gasteiger partial charge in [-0.15, -0.1) is 0 Å². The van der Waals surface area contributed by atoms with Gasteiger partial charge in [0.05, 0.1) is 27.4 Å². The van der Waals surface area contributed by atoms with Crippen molar-refractivity contribution in [1.82, 2.24) is 9.55 Å². The Hall–Kier alpha value is -3.11. The highest BCUT2D eigenvalue weighted by molar-refractivity contribution is 8.00. The van der Waals surface area contributed by atoms with Crippen LogP contribution in [0.4, 0.5) is 5.69 Å². The third kappa shape index (κ3) is 3.86. The maximum Gasteiger partial charge on any atom is 0.262 e. The van der Waals surface area contributed by atoms with Gasteiger partial charge in [-0.3, -0.25) is 14.2 Å². The van der Waals surface area contributed by atoms with E-state index in [-0.39, 0.29) is 11.5 Å². The Morgan fingerprint density at radius 3 is 2.70 bits per heavy atom. The first-order valence-corrected chi connectivity index (χ1v) is 9.39. The van der Waals surface area contributed by atoms with Crippen LogP contribution in [0.15, 0.2) is 58.5 Å². The molecule has 3 aromatic rings. The normalized spacial score (nSPS) is 11.7. The quantitative estimate of drug-likeness (QED) is 0.543. The number of benzene rings is 2. The molecular formula is C20H18N4O2S. The van der Waals surface area contributed by atoms with E-state index in [1.54, 1.807) is 54.0 Å². The molecule has 0 radical (unpaired) electrons. The van der Waals surface area contributed by atoms with Gasteiger partial charge in [-0.2, -0.15) is 5.26 Å². The highest BCUT2D eigenvalue weighted by atomic mass is 32.2. The van der Waals surface area contributed by atoms with E-state index in [1.807, 2.05) is 13.0 Å². The van der Waals surface area contributed by atoms with Gasteiger partial charge in [-0.1, -0.05) is 36.0 Å². The maximum atomic E-state index is 12.7. The van der Waals surface area contributed by atoms with E-state index in [0.717, 1.165) is 0 Å². The number of carbonyl (C=O) groups excluding carboxylic acids is 1. The van der Waals surface area contributed by atoms with Crippen molar-refractivity contribution in [2.45, 2.75) is 30.8 Å². The summed E-state index contributed by atoms with van der Waals surface area (Å²) in [5.74, 6) is -0.257. The number of anilines is 1. The molecule has 0 saturated carbocycles. The molecule has 0 aliphatic heterocycles. The molecule has 0 bridgehead atoms. The molecule has 6 nitrogen and oxygen atoms in total. The summed E-state index contributed by atoms with van der Waals surface area (Å²) in [6, 6.07) is 16.1. The first-order chi connectivity index (χ1) is 13.0. The molecule has 2 aromatic carbocycles. The molecule has 1 aromatic heterocycles. The molecule has 3 rings (SSSR count). The second-order valence-electron chi connectivity index (χ2n) is 5.87. The van der Waals surface area contributed by atoms with Crippen molar-refractivity contribution >= 4 is 34.3 Å². The van der Waals surface area contributed by atoms with Crippen LogP contribution in [0, 0.1) is 11.3 Å². The summed E-state index contributed by atoms with van der Waals surface area (Å²) in [4.78, 5) is 29.8. The molecular weight excluding hydrogens is 360 g/mol. The summed E-state index contributed by atoms with van der Waals surface area (Å²) < 4.78 is 1.57. The van der Waals surface area contributed by atoms with Crippen molar-refractivity contribution in [3.05, 3.63) is 64.4 Å². The summed E-state index contributed by atoms with van der Waals surface area (Å²) in [6.07, 6.45) is 0. The van der Waals surface area contributed by atoms with Crippen LogP contribution in [-0.2, 0) is 11.3 Å². The van der Waals surface area contributed by atoms with E-state index in [9.17, 15) is 9.59 Å². The molecule has 1 atom stereocenters. The summed E-state index contributed by atoms with van der Waals surface area (Å²) in [5.41, 5.74) is 1.36. The largest absolute Gasteiger partial charge is 0.324 e. The second-order valence-corrected chi connectivity index (χ2v) is 7.18. The lowest BCUT2D eigenvalue weighted by Crippen LogP contribution is -2.26. The number of carbonyl (C=O) groups is 1. The third-order valence-corrected chi connectivity index (χ3v) is 5.19. The minimum atomic E-state index is -0.498. The zero-order valence-corrected chi connectivity index (χ0v) is 15.8. The molecule has 0 aliphatic rings. The fraction of sp³-hybridized carbons (Fsp3) is 0.200. The molecule has 7 heteroatoms. The minimum absolute atomic E-state index is 0.118. The zero-order valence-electron chi connectivity index (χ0n) is 15.0. The SMILES string of the molecule is CCn1c(S[C@H](C)C(=O)Nc2ccccc2C#N)nc2ccccc2c1=O. The van der Waals surface area contributed by atoms with Gasteiger partial charge >= 0.3 is 0 Å². The van der Waals surface area contributed by atoms with E-state index < -0.39 is 5.25 Å². The number of aromatic nitrogens is 2. The fourth-order valence-corrected chi connectivity index (χ4v) is 3.62. The summed E-state index contributed by atoms with van der Waals surface area (Å²) in [6.45, 7) is 4.08. The molecule has 27 heavy (non-hydrogen) atoms. The lowest BCUT2D eigenvalue weighted by atomic mass is 10.2. The van der Waals surface area contributed by atoms with Crippen LogP contribution in [0.25, 0.3) is 10.9 Å². The summed E-state index contributed by atoms with van der Waals surface area (Å²) in [5, 5.41) is 12.5. The smallest absolute Gasteiger partial charge is 0.262 e. The molecule has 1 N–H and O–H groups in total. The standard InChI is InChI=1S/C20H18N4O2S/c1-3-24-19(26)15-9-5-7-11-17(15)23-20(24)27-13(2)18(25)22-16-10-6-4-8-14(16)12-21/h4-11,13H,3H2,1-2H3,(H,22,25)/t13-/m1/s1. The fourth-order valence-electron chi connectivity index (χ4n) is 2.65. The van der Waals surface area contributed by atoms with E-state index in [4.69, 9.17) is 5.26 Å². The Morgan fingerprint density at radius 2 is 1.96 bits per heavy atom. The number of hydrogen-bond donors (Lipinski definition) is 1. The van der Waals surface area contributed by atoms with Crippen LogP contribution >= 0.6 is 11.8 Å². The van der Waals surface area contributed by atoms with E-state index >= 15 is 0 Å². The number of amides is 1. The van der Waals surface area contributed by atoms with Crippen LogP contribution in [0.5, 0.6) is 0 Å². The first kappa shape index (κ1) is 18.7. The van der Waals surface area contributed by atoms with Crippen molar-refractivity contribution in [1.29, 1.82) is 5.26 Å². The molecule has 0 spiro atoms. The third-order valence-electron chi connectivity index (χ3n) is 4.10. The molecule has 0 saturated heterocycles. The zero-order chi connectivity index (χ0) is 19.4. The summed E-state index contributed by atoms with van der Waals surface area (Å²) >= 11 is 1.22. The van der Waals surface area contributed by atoms with Crippen LogP contribution in [0.2, 0.25) is 0 Å². The van der Waals surface area contributed by atoms with Gasteiger partial charge in [-0.05, 0) is 38.1 Å².